The van der Waals surface area contributed by atoms with Gasteiger partial charge in [0.25, 0.3) is 11.8 Å². The van der Waals surface area contributed by atoms with Gasteiger partial charge in [-0.3, -0.25) is 19.4 Å². The van der Waals surface area contributed by atoms with Gasteiger partial charge in [0.05, 0.1) is 9.75 Å². The van der Waals surface area contributed by atoms with Crippen LogP contribution >= 0.6 is 22.7 Å². The second-order valence-electron chi connectivity index (χ2n) is 14.0. The van der Waals surface area contributed by atoms with Crippen LogP contribution in [0, 0.1) is 0 Å². The SMILES string of the molecule is CC(C)N1CC=C(c2c[nH]c3ccc(NC(=O)c4cccs4)cc23)CC1.CCCCN1CC=C(c2c[nH]c3ccc(NC(=O)c4cccs4)cc23)CC1. The quantitative estimate of drug-likeness (QED) is 0.112. The lowest BCUT2D eigenvalue weighted by Gasteiger charge is -2.29. The molecule has 6 aromatic rings. The monoisotopic (exact) mass is 744 g/mol. The van der Waals surface area contributed by atoms with Gasteiger partial charge in [0.2, 0.25) is 0 Å². The molecule has 2 amide bonds. The number of anilines is 2. The lowest BCUT2D eigenvalue weighted by molar-refractivity contribution is 0.102. The number of carbonyl (C=O) groups excluding carboxylic acids is 2. The summed E-state index contributed by atoms with van der Waals surface area (Å²) in [5.41, 5.74) is 9.16. The van der Waals surface area contributed by atoms with Crippen molar-refractivity contribution in [2.75, 3.05) is 43.4 Å². The largest absolute Gasteiger partial charge is 0.361 e. The Hall–Kier alpha value is -4.74. The number of H-pyrrole nitrogens is 2. The molecule has 2 aliphatic heterocycles. The number of rotatable bonds is 10. The van der Waals surface area contributed by atoms with Crippen LogP contribution in [0.3, 0.4) is 0 Å². The van der Waals surface area contributed by atoms with E-state index in [4.69, 9.17) is 0 Å². The molecule has 53 heavy (non-hydrogen) atoms. The lowest BCUT2D eigenvalue weighted by atomic mass is 9.98. The highest BCUT2D eigenvalue weighted by atomic mass is 32.1. The molecule has 274 valence electrons. The summed E-state index contributed by atoms with van der Waals surface area (Å²) < 4.78 is 0. The van der Waals surface area contributed by atoms with Gasteiger partial charge in [0.1, 0.15) is 0 Å². The van der Waals surface area contributed by atoms with Gasteiger partial charge in [-0.1, -0.05) is 37.6 Å². The van der Waals surface area contributed by atoms with Gasteiger partial charge in [-0.2, -0.15) is 0 Å². The van der Waals surface area contributed by atoms with Gasteiger partial charge >= 0.3 is 0 Å². The van der Waals surface area contributed by atoms with E-state index in [1.54, 1.807) is 0 Å². The first-order chi connectivity index (χ1) is 25.9. The second-order valence-corrected chi connectivity index (χ2v) is 15.9. The number of fused-ring (bicyclic) bond motifs is 2. The molecule has 4 aromatic heterocycles. The summed E-state index contributed by atoms with van der Waals surface area (Å²) in [6.07, 6.45) is 13.5. The molecule has 0 unspecified atom stereocenters. The number of thiophene rings is 2. The molecule has 4 N–H and O–H groups in total. The Bertz CT molecular complexity index is 2220. The Balaban J connectivity index is 0.000000164. The highest BCUT2D eigenvalue weighted by Gasteiger charge is 2.19. The van der Waals surface area contributed by atoms with Crippen molar-refractivity contribution in [2.24, 2.45) is 0 Å². The molecule has 0 saturated carbocycles. The van der Waals surface area contributed by atoms with E-state index in [9.17, 15) is 9.59 Å². The first-order valence-corrected chi connectivity index (χ1v) is 20.4. The van der Waals surface area contributed by atoms with Crippen molar-refractivity contribution in [3.05, 3.63) is 117 Å². The summed E-state index contributed by atoms with van der Waals surface area (Å²) in [7, 11) is 0. The molecule has 0 saturated heterocycles. The zero-order valence-electron chi connectivity index (χ0n) is 30.7. The van der Waals surface area contributed by atoms with Crippen LogP contribution in [0.4, 0.5) is 11.4 Å². The Labute approximate surface area is 319 Å². The van der Waals surface area contributed by atoms with Crippen LogP contribution < -0.4 is 10.6 Å². The van der Waals surface area contributed by atoms with Crippen molar-refractivity contribution in [1.82, 2.24) is 19.8 Å². The number of benzene rings is 2. The van der Waals surface area contributed by atoms with Gasteiger partial charge < -0.3 is 20.6 Å². The molecule has 0 aliphatic carbocycles. The molecule has 0 bridgehead atoms. The Morgan fingerprint density at radius 1 is 0.755 bits per heavy atom. The minimum atomic E-state index is -0.0547. The summed E-state index contributed by atoms with van der Waals surface area (Å²) in [6.45, 7) is 12.1. The van der Waals surface area contributed by atoms with E-state index in [1.165, 1.54) is 75.1 Å². The van der Waals surface area contributed by atoms with Crippen molar-refractivity contribution in [1.29, 1.82) is 0 Å². The topological polar surface area (TPSA) is 96.3 Å². The maximum Gasteiger partial charge on any atom is 0.265 e. The molecular weight excluding hydrogens is 697 g/mol. The van der Waals surface area contributed by atoms with E-state index in [-0.39, 0.29) is 11.8 Å². The number of nitrogens with one attached hydrogen (secondary N) is 4. The second kappa shape index (κ2) is 16.9. The number of hydrogen-bond donors (Lipinski definition) is 4. The third kappa shape index (κ3) is 8.74. The van der Waals surface area contributed by atoms with Gasteiger partial charge in [-0.25, -0.2) is 0 Å². The minimum Gasteiger partial charge on any atom is -0.361 e. The smallest absolute Gasteiger partial charge is 0.265 e. The average molecular weight is 745 g/mol. The predicted molar refractivity (Wildman–Crippen MR) is 224 cm³/mol. The van der Waals surface area contributed by atoms with Crippen LogP contribution in [0.15, 0.2) is 96.0 Å². The zero-order chi connectivity index (χ0) is 36.7. The number of amides is 2. The van der Waals surface area contributed by atoms with Gasteiger partial charge in [-0.15, -0.1) is 22.7 Å². The third-order valence-electron chi connectivity index (χ3n) is 10.2. The van der Waals surface area contributed by atoms with Crippen LogP contribution in [0.5, 0.6) is 0 Å². The molecule has 0 spiro atoms. The van der Waals surface area contributed by atoms with Crippen molar-refractivity contribution in [2.45, 2.75) is 52.5 Å². The molecular formula is C43H48N6O2S2. The van der Waals surface area contributed by atoms with Crippen LogP contribution in [0.25, 0.3) is 33.0 Å². The van der Waals surface area contributed by atoms with Gasteiger partial charge in [0.15, 0.2) is 0 Å². The van der Waals surface area contributed by atoms with Crippen LogP contribution in [-0.4, -0.2) is 70.3 Å². The first kappa shape index (κ1) is 36.6. The number of aromatic nitrogens is 2. The van der Waals surface area contributed by atoms with E-state index in [1.807, 2.05) is 59.3 Å². The lowest BCUT2D eigenvalue weighted by Crippen LogP contribution is -2.34. The summed E-state index contributed by atoms with van der Waals surface area (Å²) >= 11 is 2.91. The number of carbonyl (C=O) groups is 2. The van der Waals surface area contributed by atoms with E-state index in [0.717, 1.165) is 71.2 Å². The van der Waals surface area contributed by atoms with Crippen LogP contribution in [0.2, 0.25) is 0 Å². The molecule has 10 heteroatoms. The molecule has 0 radical (unpaired) electrons. The first-order valence-electron chi connectivity index (χ1n) is 18.6. The number of hydrogen-bond acceptors (Lipinski definition) is 6. The maximum absolute atomic E-state index is 12.3. The van der Waals surface area contributed by atoms with E-state index >= 15 is 0 Å². The van der Waals surface area contributed by atoms with E-state index < -0.39 is 0 Å². The van der Waals surface area contributed by atoms with E-state index in [2.05, 4.69) is 87.9 Å². The predicted octanol–water partition coefficient (Wildman–Crippen LogP) is 10.4. The Morgan fingerprint density at radius 3 is 1.74 bits per heavy atom. The normalized spacial score (nSPS) is 15.2. The summed E-state index contributed by atoms with van der Waals surface area (Å²) in [4.78, 5) is 37.8. The zero-order valence-corrected chi connectivity index (χ0v) is 32.3. The molecule has 8 rings (SSSR count). The summed E-state index contributed by atoms with van der Waals surface area (Å²) in [5.74, 6) is -0.106. The standard InChI is InChI=1S/C22H25N3OS.C21H23N3OS/c1-2-3-10-25-11-8-16(9-12-25)19-15-23-20-7-6-17(14-18(19)20)24-22(26)21-5-4-13-27-21;1-14(2)24-9-7-15(8-10-24)18-13-22-19-6-5-16(12-17(18)19)23-21(25)20-4-3-11-26-20/h4-8,13-15,23H,2-3,9-12H2,1H3,(H,24,26);3-7,11-14,22H,8-10H2,1-2H3,(H,23,25). The molecule has 6 heterocycles. The van der Waals surface area contributed by atoms with Crippen LogP contribution in [-0.2, 0) is 0 Å². The maximum atomic E-state index is 12.3. The molecule has 8 nitrogen and oxygen atoms in total. The average Bonchev–Trinajstić information content (AvgIpc) is 4.02. The van der Waals surface area contributed by atoms with Gasteiger partial charge in [-0.05, 0) is 110 Å². The number of aromatic amines is 2. The van der Waals surface area contributed by atoms with E-state index in [0.29, 0.717) is 6.04 Å². The fourth-order valence-corrected chi connectivity index (χ4v) is 8.31. The molecule has 0 atom stereocenters. The number of nitrogens with zero attached hydrogens (tertiary/aromatic N) is 2. The molecule has 2 aromatic carbocycles. The molecule has 2 aliphatic rings. The molecule has 0 fully saturated rings. The minimum absolute atomic E-state index is 0.0510. The van der Waals surface area contributed by atoms with Crippen LogP contribution in [0.1, 0.15) is 76.9 Å². The number of unbranched alkanes of at least 4 members (excludes halogenated alkanes) is 1. The van der Waals surface area contributed by atoms with Gasteiger partial charge in [0, 0.05) is 88.9 Å². The van der Waals surface area contributed by atoms with Crippen molar-refractivity contribution in [3.63, 3.8) is 0 Å². The summed E-state index contributed by atoms with van der Waals surface area (Å²) in [6, 6.07) is 20.2. The Kier molecular flexibility index (Phi) is 11.7. The fraction of sp³-hybridized carbons (Fsp3) is 0.302. The summed E-state index contributed by atoms with van der Waals surface area (Å²) in [5, 5.41) is 12.2. The highest BCUT2D eigenvalue weighted by Crippen LogP contribution is 2.33. The third-order valence-corrected chi connectivity index (χ3v) is 11.9. The fourth-order valence-electron chi connectivity index (χ4n) is 7.07. The van der Waals surface area contributed by atoms with Crippen molar-refractivity contribution >= 4 is 78.8 Å². The Morgan fingerprint density at radius 2 is 1.30 bits per heavy atom. The highest BCUT2D eigenvalue weighted by molar-refractivity contribution is 7.12. The van der Waals surface area contributed by atoms with Crippen molar-refractivity contribution < 1.29 is 9.59 Å². The van der Waals surface area contributed by atoms with Crippen molar-refractivity contribution in [3.8, 4) is 0 Å².